The number of aliphatic carboxylic acids is 2. The van der Waals surface area contributed by atoms with Crippen LogP contribution in [0.1, 0.15) is 6.42 Å². The first-order valence-corrected chi connectivity index (χ1v) is 4.81. The van der Waals surface area contributed by atoms with Crippen molar-refractivity contribution in [2.45, 2.75) is 12.5 Å². The summed E-state index contributed by atoms with van der Waals surface area (Å²) in [5.74, 6) is -3.10. The lowest BCUT2D eigenvalue weighted by Crippen LogP contribution is -2.34. The van der Waals surface area contributed by atoms with Crippen LogP contribution in [0.5, 0.6) is 0 Å². The van der Waals surface area contributed by atoms with E-state index in [1.165, 1.54) is 0 Å². The van der Waals surface area contributed by atoms with E-state index in [0.29, 0.717) is 12.3 Å². The minimum atomic E-state index is -1.15. The second-order valence-electron chi connectivity index (χ2n) is 3.45. The Kier molecular flexibility index (Phi) is 3.34. The summed E-state index contributed by atoms with van der Waals surface area (Å²) in [5.41, 5.74) is 5.36. The molecule has 1 rings (SSSR count). The molecule has 0 aromatic heterocycles. The van der Waals surface area contributed by atoms with Crippen LogP contribution in [0.3, 0.4) is 0 Å². The van der Waals surface area contributed by atoms with Crippen LogP contribution in [-0.2, 0) is 9.59 Å². The Morgan fingerprint density at radius 2 is 2.00 bits per heavy atom. The number of alkyl halides is 1. The van der Waals surface area contributed by atoms with E-state index >= 15 is 0 Å². The summed E-state index contributed by atoms with van der Waals surface area (Å²) < 4.78 is 0. The Morgan fingerprint density at radius 3 is 2.36 bits per heavy atom. The second-order valence-corrected chi connectivity index (χ2v) is 3.82. The second kappa shape index (κ2) is 4.14. The minimum absolute atomic E-state index is 0.184. The molecule has 0 heterocycles. The molecular formula is C8H12ClNO4. The van der Waals surface area contributed by atoms with Gasteiger partial charge in [0, 0.05) is 11.8 Å². The summed E-state index contributed by atoms with van der Waals surface area (Å²) in [7, 11) is 0. The van der Waals surface area contributed by atoms with Gasteiger partial charge in [-0.2, -0.15) is 0 Å². The predicted molar refractivity (Wildman–Crippen MR) is 49.1 cm³/mol. The van der Waals surface area contributed by atoms with Gasteiger partial charge in [0.25, 0.3) is 0 Å². The number of carboxylic acids is 2. The predicted octanol–water partition coefficient (Wildman–Crippen LogP) is -0.0260. The molecule has 0 unspecified atom stereocenters. The molecule has 0 amide bonds. The summed E-state index contributed by atoms with van der Waals surface area (Å²) >= 11 is 5.47. The lowest BCUT2D eigenvalue weighted by atomic mass is 10.1. The Balaban J connectivity index is 2.62. The Labute approximate surface area is 85.8 Å². The first-order chi connectivity index (χ1) is 6.50. The van der Waals surface area contributed by atoms with Crippen molar-refractivity contribution in [1.29, 1.82) is 0 Å². The number of hydrogen-bond acceptors (Lipinski definition) is 3. The molecule has 0 aliphatic heterocycles. The van der Waals surface area contributed by atoms with Crippen molar-refractivity contribution >= 4 is 23.5 Å². The van der Waals surface area contributed by atoms with Crippen molar-refractivity contribution in [3.8, 4) is 0 Å². The molecule has 1 fully saturated rings. The maximum Gasteiger partial charge on any atom is 0.320 e. The lowest BCUT2D eigenvalue weighted by Gasteiger charge is -2.03. The molecule has 4 atom stereocenters. The monoisotopic (exact) mass is 221 g/mol. The van der Waals surface area contributed by atoms with Crippen molar-refractivity contribution in [1.82, 2.24) is 0 Å². The molecule has 0 spiro atoms. The third-order valence-corrected chi connectivity index (χ3v) is 2.88. The van der Waals surface area contributed by atoms with E-state index in [1.54, 1.807) is 0 Å². The minimum Gasteiger partial charge on any atom is -0.481 e. The highest BCUT2D eigenvalue weighted by Crippen LogP contribution is 2.50. The van der Waals surface area contributed by atoms with Crippen LogP contribution in [0.2, 0.25) is 0 Å². The van der Waals surface area contributed by atoms with Crippen LogP contribution in [-0.4, -0.2) is 34.1 Å². The van der Waals surface area contributed by atoms with Gasteiger partial charge in [0.1, 0.15) is 6.04 Å². The zero-order chi connectivity index (χ0) is 10.9. The molecular weight excluding hydrogens is 210 g/mol. The normalized spacial score (nSPS) is 32.3. The number of carboxylic acid groups (broad SMARTS) is 2. The molecule has 0 bridgehead atoms. The molecule has 14 heavy (non-hydrogen) atoms. The molecule has 1 saturated carbocycles. The van der Waals surface area contributed by atoms with Gasteiger partial charge in [-0.25, -0.2) is 0 Å². The van der Waals surface area contributed by atoms with Crippen molar-refractivity contribution in [3.05, 3.63) is 0 Å². The van der Waals surface area contributed by atoms with Gasteiger partial charge in [-0.15, -0.1) is 11.6 Å². The summed E-state index contributed by atoms with van der Waals surface area (Å²) in [4.78, 5) is 21.2. The van der Waals surface area contributed by atoms with Gasteiger partial charge in [0.15, 0.2) is 0 Å². The van der Waals surface area contributed by atoms with Gasteiger partial charge in [-0.1, -0.05) is 0 Å². The van der Waals surface area contributed by atoms with Gasteiger partial charge >= 0.3 is 11.9 Å². The standard InChI is InChI=1S/C8H12ClNO4/c9-2-1-3-4(5(3)7(11)12)6(10)8(13)14/h3-6H,1-2,10H2,(H,11,12)(H,13,14)/t3-,4+,5+,6+/m1/s1. The Hall–Kier alpha value is -0.810. The van der Waals surface area contributed by atoms with Gasteiger partial charge < -0.3 is 15.9 Å². The van der Waals surface area contributed by atoms with Gasteiger partial charge in [0.05, 0.1) is 5.92 Å². The fourth-order valence-corrected chi connectivity index (χ4v) is 2.15. The van der Waals surface area contributed by atoms with Crippen LogP contribution in [0.15, 0.2) is 0 Å². The van der Waals surface area contributed by atoms with E-state index in [9.17, 15) is 9.59 Å². The zero-order valence-corrected chi connectivity index (χ0v) is 8.15. The van der Waals surface area contributed by atoms with E-state index in [-0.39, 0.29) is 5.92 Å². The number of hydrogen-bond donors (Lipinski definition) is 3. The van der Waals surface area contributed by atoms with Crippen LogP contribution in [0.25, 0.3) is 0 Å². The fourth-order valence-electron chi connectivity index (χ4n) is 1.90. The summed E-state index contributed by atoms with van der Waals surface area (Å²) in [6.07, 6.45) is 0.504. The highest BCUT2D eigenvalue weighted by Gasteiger charge is 2.58. The molecule has 5 nitrogen and oxygen atoms in total. The SMILES string of the molecule is N[C@H](C(=O)O)[C@H]1[C@@H](CCCl)[C@@H]1C(=O)O. The van der Waals surface area contributed by atoms with Crippen LogP contribution in [0, 0.1) is 17.8 Å². The third kappa shape index (κ3) is 1.99. The van der Waals surface area contributed by atoms with Gasteiger partial charge in [-0.05, 0) is 12.3 Å². The van der Waals surface area contributed by atoms with E-state index in [2.05, 4.69) is 0 Å². The number of rotatable bonds is 5. The van der Waals surface area contributed by atoms with Gasteiger partial charge in [0.2, 0.25) is 0 Å². The average molecular weight is 222 g/mol. The Morgan fingerprint density at radius 1 is 1.43 bits per heavy atom. The van der Waals surface area contributed by atoms with Crippen molar-refractivity contribution in [2.75, 3.05) is 5.88 Å². The molecule has 1 aliphatic carbocycles. The summed E-state index contributed by atoms with van der Waals surface area (Å²) in [6.45, 7) is 0. The molecule has 4 N–H and O–H groups in total. The first kappa shape index (κ1) is 11.3. The average Bonchev–Trinajstić information content (AvgIpc) is 2.78. The smallest absolute Gasteiger partial charge is 0.320 e. The largest absolute Gasteiger partial charge is 0.481 e. The summed E-state index contributed by atoms with van der Waals surface area (Å²) in [5, 5.41) is 17.4. The first-order valence-electron chi connectivity index (χ1n) is 4.27. The van der Waals surface area contributed by atoms with Crippen molar-refractivity contribution in [3.63, 3.8) is 0 Å². The molecule has 0 saturated heterocycles. The van der Waals surface area contributed by atoms with E-state index in [4.69, 9.17) is 27.5 Å². The maximum atomic E-state index is 10.7. The Bertz CT molecular complexity index is 258. The maximum absolute atomic E-state index is 10.7. The van der Waals surface area contributed by atoms with Crippen molar-refractivity contribution in [2.24, 2.45) is 23.5 Å². The van der Waals surface area contributed by atoms with E-state index in [0.717, 1.165) is 0 Å². The molecule has 0 radical (unpaired) electrons. The molecule has 0 aromatic rings. The van der Waals surface area contributed by atoms with E-state index < -0.39 is 29.8 Å². The molecule has 1 aliphatic rings. The summed E-state index contributed by atoms with van der Waals surface area (Å²) in [6, 6.07) is -1.09. The molecule has 80 valence electrons. The van der Waals surface area contributed by atoms with Crippen molar-refractivity contribution < 1.29 is 19.8 Å². The van der Waals surface area contributed by atoms with Crippen LogP contribution >= 0.6 is 11.6 Å². The quantitative estimate of drug-likeness (QED) is 0.566. The number of nitrogens with two attached hydrogens (primary N) is 1. The van der Waals surface area contributed by atoms with Crippen LogP contribution < -0.4 is 5.73 Å². The molecule has 0 aromatic carbocycles. The van der Waals surface area contributed by atoms with Crippen LogP contribution in [0.4, 0.5) is 0 Å². The zero-order valence-electron chi connectivity index (χ0n) is 7.39. The third-order valence-electron chi connectivity index (χ3n) is 2.66. The van der Waals surface area contributed by atoms with E-state index in [1.807, 2.05) is 0 Å². The van der Waals surface area contributed by atoms with Gasteiger partial charge in [-0.3, -0.25) is 9.59 Å². The fraction of sp³-hybridized carbons (Fsp3) is 0.750. The highest BCUT2D eigenvalue weighted by molar-refractivity contribution is 6.17. The number of carbonyl (C=O) groups is 2. The topological polar surface area (TPSA) is 101 Å². The molecule has 6 heteroatoms. The highest BCUT2D eigenvalue weighted by atomic mass is 35.5. The lowest BCUT2D eigenvalue weighted by molar-refractivity contribution is -0.140. The number of halogens is 1.